The van der Waals surface area contributed by atoms with E-state index >= 15 is 0 Å². The molecule has 0 aromatic heterocycles. The van der Waals surface area contributed by atoms with Gasteiger partial charge in [-0.1, -0.05) is 68.4 Å². The van der Waals surface area contributed by atoms with Crippen LogP contribution in [0.3, 0.4) is 0 Å². The van der Waals surface area contributed by atoms with Crippen LogP contribution in [0.1, 0.15) is 61.6 Å². The van der Waals surface area contributed by atoms with Gasteiger partial charge in [0.25, 0.3) is 0 Å². The van der Waals surface area contributed by atoms with E-state index in [1.807, 2.05) is 0 Å². The van der Waals surface area contributed by atoms with E-state index in [2.05, 4.69) is 55.2 Å². The van der Waals surface area contributed by atoms with Crippen LogP contribution >= 0.6 is 0 Å². The van der Waals surface area contributed by atoms with Crippen molar-refractivity contribution in [1.82, 2.24) is 0 Å². The molecule has 2 unspecified atom stereocenters. The number of benzene rings is 3. The second kappa shape index (κ2) is 8.15. The van der Waals surface area contributed by atoms with Crippen molar-refractivity contribution in [1.29, 1.82) is 0 Å². The Labute approximate surface area is 165 Å². The highest BCUT2D eigenvalue weighted by molar-refractivity contribution is 5.88. The first-order valence-corrected chi connectivity index (χ1v) is 10.2. The van der Waals surface area contributed by atoms with Crippen LogP contribution in [0, 0.1) is 29.4 Å². The predicted octanol–water partition coefficient (Wildman–Crippen LogP) is 7.20. The molecule has 2 heteroatoms. The standard InChI is InChI=1S/C26H24F2/c1-2-19-7-3-5-9-22(19)26-21(15-14-20-8-4-6-10-23(20)26)13-11-18-12-16-24(27)25(28)17-18/h4,6,8,10,12,14-17,19,22H,2-3,5,7,9H2,1H3. The second-order valence-corrected chi connectivity index (χ2v) is 7.69. The van der Waals surface area contributed by atoms with Crippen molar-refractivity contribution in [2.24, 2.45) is 5.92 Å². The summed E-state index contributed by atoms with van der Waals surface area (Å²) in [5.74, 6) is 5.79. The molecule has 0 aliphatic heterocycles. The van der Waals surface area contributed by atoms with Gasteiger partial charge in [-0.15, -0.1) is 0 Å². The molecule has 1 aliphatic carbocycles. The van der Waals surface area contributed by atoms with Crippen LogP contribution in [-0.4, -0.2) is 0 Å². The first-order valence-electron chi connectivity index (χ1n) is 10.2. The molecule has 1 fully saturated rings. The third-order valence-electron chi connectivity index (χ3n) is 6.04. The summed E-state index contributed by atoms with van der Waals surface area (Å²) < 4.78 is 26.7. The minimum absolute atomic E-state index is 0.494. The molecule has 28 heavy (non-hydrogen) atoms. The second-order valence-electron chi connectivity index (χ2n) is 7.69. The summed E-state index contributed by atoms with van der Waals surface area (Å²) in [7, 11) is 0. The lowest BCUT2D eigenvalue weighted by Gasteiger charge is -2.32. The molecule has 0 spiro atoms. The van der Waals surface area contributed by atoms with E-state index in [1.54, 1.807) is 0 Å². The van der Waals surface area contributed by atoms with E-state index in [4.69, 9.17) is 0 Å². The average molecular weight is 374 g/mol. The molecule has 4 rings (SSSR count). The Morgan fingerprint density at radius 1 is 0.893 bits per heavy atom. The highest BCUT2D eigenvalue weighted by Gasteiger charge is 2.28. The Hall–Kier alpha value is -2.66. The van der Waals surface area contributed by atoms with Gasteiger partial charge in [0, 0.05) is 11.1 Å². The molecule has 0 nitrogen and oxygen atoms in total. The monoisotopic (exact) mass is 374 g/mol. The van der Waals surface area contributed by atoms with Crippen LogP contribution in [0.4, 0.5) is 8.78 Å². The molecule has 3 aromatic carbocycles. The summed E-state index contributed by atoms with van der Waals surface area (Å²) in [6.45, 7) is 2.28. The highest BCUT2D eigenvalue weighted by atomic mass is 19.2. The van der Waals surface area contributed by atoms with Crippen molar-refractivity contribution in [3.8, 4) is 11.8 Å². The van der Waals surface area contributed by atoms with Gasteiger partial charge in [-0.2, -0.15) is 0 Å². The van der Waals surface area contributed by atoms with Gasteiger partial charge < -0.3 is 0 Å². The fourth-order valence-corrected chi connectivity index (χ4v) is 4.59. The van der Waals surface area contributed by atoms with Gasteiger partial charge in [-0.3, -0.25) is 0 Å². The summed E-state index contributed by atoms with van der Waals surface area (Å²) in [6, 6.07) is 16.5. The Morgan fingerprint density at radius 3 is 2.54 bits per heavy atom. The summed E-state index contributed by atoms with van der Waals surface area (Å²) in [4.78, 5) is 0. The largest absolute Gasteiger partial charge is 0.204 e. The van der Waals surface area contributed by atoms with Crippen molar-refractivity contribution < 1.29 is 8.78 Å². The van der Waals surface area contributed by atoms with Crippen LogP contribution in [0.2, 0.25) is 0 Å². The average Bonchev–Trinajstić information content (AvgIpc) is 2.74. The van der Waals surface area contributed by atoms with Gasteiger partial charge in [0.15, 0.2) is 11.6 Å². The lowest BCUT2D eigenvalue weighted by Crippen LogP contribution is -2.18. The van der Waals surface area contributed by atoms with Gasteiger partial charge >= 0.3 is 0 Å². The number of fused-ring (bicyclic) bond motifs is 1. The summed E-state index contributed by atoms with van der Waals surface area (Å²) in [5, 5.41) is 2.50. The van der Waals surface area contributed by atoms with Gasteiger partial charge in [0.2, 0.25) is 0 Å². The summed E-state index contributed by atoms with van der Waals surface area (Å²) in [5.41, 5.74) is 2.84. The number of hydrogen-bond donors (Lipinski definition) is 0. The fraction of sp³-hybridized carbons (Fsp3) is 0.308. The molecule has 0 N–H and O–H groups in total. The summed E-state index contributed by atoms with van der Waals surface area (Å²) in [6.07, 6.45) is 6.17. The van der Waals surface area contributed by atoms with Crippen molar-refractivity contribution in [2.75, 3.05) is 0 Å². The lowest BCUT2D eigenvalue weighted by atomic mass is 9.72. The smallest absolute Gasteiger partial charge is 0.160 e. The van der Waals surface area contributed by atoms with Crippen LogP contribution < -0.4 is 0 Å². The van der Waals surface area contributed by atoms with Crippen molar-refractivity contribution in [3.05, 3.63) is 82.9 Å². The molecule has 0 saturated heterocycles. The Balaban J connectivity index is 1.84. The third kappa shape index (κ3) is 3.67. The van der Waals surface area contributed by atoms with Crippen LogP contribution in [0.25, 0.3) is 10.8 Å². The normalized spacial score (nSPS) is 19.2. The molecule has 1 aliphatic rings. The maximum Gasteiger partial charge on any atom is 0.160 e. The highest BCUT2D eigenvalue weighted by Crippen LogP contribution is 2.43. The number of halogens is 2. The van der Waals surface area contributed by atoms with Gasteiger partial charge in [-0.25, -0.2) is 8.78 Å². The van der Waals surface area contributed by atoms with E-state index in [9.17, 15) is 8.78 Å². The molecule has 0 heterocycles. The fourth-order valence-electron chi connectivity index (χ4n) is 4.59. The van der Waals surface area contributed by atoms with Crippen molar-refractivity contribution in [2.45, 2.75) is 44.9 Å². The van der Waals surface area contributed by atoms with E-state index in [0.29, 0.717) is 17.4 Å². The first kappa shape index (κ1) is 18.7. The number of hydrogen-bond acceptors (Lipinski definition) is 0. The van der Waals surface area contributed by atoms with E-state index in [1.165, 1.54) is 60.6 Å². The molecule has 1 saturated carbocycles. The van der Waals surface area contributed by atoms with E-state index < -0.39 is 11.6 Å². The first-order chi connectivity index (χ1) is 13.7. The third-order valence-corrected chi connectivity index (χ3v) is 6.04. The predicted molar refractivity (Wildman–Crippen MR) is 111 cm³/mol. The van der Waals surface area contributed by atoms with Crippen molar-refractivity contribution in [3.63, 3.8) is 0 Å². The molecule has 0 amide bonds. The molecule has 0 bridgehead atoms. The van der Waals surface area contributed by atoms with E-state index in [-0.39, 0.29) is 0 Å². The van der Waals surface area contributed by atoms with Crippen LogP contribution in [-0.2, 0) is 0 Å². The molecule has 0 radical (unpaired) electrons. The maximum absolute atomic E-state index is 13.5. The molecular weight excluding hydrogens is 350 g/mol. The van der Waals surface area contributed by atoms with E-state index in [0.717, 1.165) is 11.6 Å². The molecule has 2 atom stereocenters. The molecular formula is C26H24F2. The maximum atomic E-state index is 13.5. The Kier molecular flexibility index (Phi) is 5.44. The van der Waals surface area contributed by atoms with Gasteiger partial charge in [0.1, 0.15) is 0 Å². The zero-order valence-electron chi connectivity index (χ0n) is 16.1. The summed E-state index contributed by atoms with van der Waals surface area (Å²) >= 11 is 0. The van der Waals surface area contributed by atoms with Gasteiger partial charge in [0.05, 0.1) is 0 Å². The molecule has 142 valence electrons. The Bertz CT molecular complexity index is 1050. The number of rotatable bonds is 2. The minimum atomic E-state index is -0.858. The Morgan fingerprint density at radius 2 is 1.71 bits per heavy atom. The van der Waals surface area contributed by atoms with Crippen LogP contribution in [0.5, 0.6) is 0 Å². The zero-order valence-corrected chi connectivity index (χ0v) is 16.1. The SMILES string of the molecule is CCC1CCCCC1c1c(C#Cc2ccc(F)c(F)c2)ccc2ccccc12. The zero-order chi connectivity index (χ0) is 19.5. The van der Waals surface area contributed by atoms with Crippen molar-refractivity contribution >= 4 is 10.8 Å². The minimum Gasteiger partial charge on any atom is -0.204 e. The lowest BCUT2D eigenvalue weighted by molar-refractivity contribution is 0.300. The van der Waals surface area contributed by atoms with Gasteiger partial charge in [-0.05, 0) is 65.3 Å². The van der Waals surface area contributed by atoms with Crippen LogP contribution in [0.15, 0.2) is 54.6 Å². The molecule has 3 aromatic rings. The quantitative estimate of drug-likeness (QED) is 0.416. The topological polar surface area (TPSA) is 0 Å².